The molecule has 0 aliphatic heterocycles. The first-order valence-electron chi connectivity index (χ1n) is 16.5. The van der Waals surface area contributed by atoms with Crippen LogP contribution < -0.4 is 10.1 Å². The number of aliphatic hydroxyl groups is 2. The first kappa shape index (κ1) is 37.5. The molecule has 2 amide bonds. The number of nitrogens with zero attached hydrogens (tertiary/aromatic N) is 2. The van der Waals surface area contributed by atoms with Gasteiger partial charge in [-0.1, -0.05) is 20.8 Å². The predicted octanol–water partition coefficient (Wildman–Crippen LogP) is 3.04. The van der Waals surface area contributed by atoms with Crippen molar-refractivity contribution in [2.75, 3.05) is 26.2 Å². The molecule has 10 nitrogen and oxygen atoms in total. The van der Waals surface area contributed by atoms with Crippen molar-refractivity contribution in [3.63, 3.8) is 0 Å². The number of carbonyl (C=O) groups is 2. The number of hydrogen-bond acceptors (Lipinski definition) is 7. The lowest BCUT2D eigenvalue weighted by molar-refractivity contribution is -0.139. The topological polar surface area (TPSA) is 139 Å². The maximum Gasteiger partial charge on any atom is 0.226 e. The molecule has 0 bridgehead atoms. The predicted molar refractivity (Wildman–Crippen MR) is 170 cm³/mol. The molecular weight excluding hydrogens is 568 g/mol. The molecule has 0 saturated heterocycles. The smallest absolute Gasteiger partial charge is 0.226 e. The summed E-state index contributed by atoms with van der Waals surface area (Å²) in [7, 11) is -3.61. The summed E-state index contributed by atoms with van der Waals surface area (Å²) < 4.78 is 25.2. The minimum Gasteiger partial charge on any atom is -0.393 e. The molecule has 11 heteroatoms. The highest BCUT2D eigenvalue weighted by atomic mass is 32.2. The first-order valence-corrected chi connectivity index (χ1v) is 18.1. The van der Waals surface area contributed by atoms with Crippen LogP contribution in [0.3, 0.4) is 0 Å². The molecular formula is C32H58N4O6S. The van der Waals surface area contributed by atoms with Crippen LogP contribution in [-0.2, 0) is 19.6 Å². The van der Waals surface area contributed by atoms with E-state index in [1.165, 1.54) is 5.01 Å². The molecule has 2 aliphatic rings. The highest BCUT2D eigenvalue weighted by Gasteiger charge is 2.39. The third kappa shape index (κ3) is 12.0. The lowest BCUT2D eigenvalue weighted by Crippen LogP contribution is -2.55. The highest BCUT2D eigenvalue weighted by molar-refractivity contribution is 7.90. The number of carbonyl (C=O) groups excluding carboxylic acids is 2. The normalized spacial score (nSPS) is 26.1. The van der Waals surface area contributed by atoms with Gasteiger partial charge < -0.3 is 20.4 Å². The van der Waals surface area contributed by atoms with Crippen LogP contribution in [0.25, 0.3) is 0 Å². The van der Waals surface area contributed by atoms with E-state index in [9.17, 15) is 28.2 Å². The summed E-state index contributed by atoms with van der Waals surface area (Å²) in [6.45, 7) is 11.0. The van der Waals surface area contributed by atoms with E-state index in [4.69, 9.17) is 6.42 Å². The Morgan fingerprint density at radius 3 is 2.07 bits per heavy atom. The fourth-order valence-corrected chi connectivity index (χ4v) is 7.17. The molecule has 5 unspecified atom stereocenters. The summed E-state index contributed by atoms with van der Waals surface area (Å²) in [5.74, 6) is 1.89. The van der Waals surface area contributed by atoms with E-state index in [0.717, 1.165) is 25.7 Å². The Morgan fingerprint density at radius 2 is 1.53 bits per heavy atom. The monoisotopic (exact) mass is 626 g/mol. The number of amides is 2. The van der Waals surface area contributed by atoms with Gasteiger partial charge in [0.15, 0.2) is 0 Å². The minimum absolute atomic E-state index is 0.0157. The van der Waals surface area contributed by atoms with Gasteiger partial charge in [-0.3, -0.25) is 9.59 Å². The molecule has 0 spiro atoms. The van der Waals surface area contributed by atoms with E-state index >= 15 is 0 Å². The number of aliphatic hydroxyl groups excluding tert-OH is 2. The number of terminal acetylenes is 1. The van der Waals surface area contributed by atoms with Crippen molar-refractivity contribution in [1.29, 1.82) is 0 Å². The van der Waals surface area contributed by atoms with Crippen LogP contribution in [0, 0.1) is 36.0 Å². The van der Waals surface area contributed by atoms with Gasteiger partial charge in [-0.05, 0) is 90.4 Å². The SMILES string of the molecule is C#CC1CC(C(=O)NC(CC2CCC(O)CC2)C(O)CN(CCC)NS(=O)(=O)C(C)C)CC(C(=O)N(CCC)CCC)C1. The molecule has 0 aromatic heterocycles. The van der Waals surface area contributed by atoms with E-state index in [1.54, 1.807) is 13.8 Å². The van der Waals surface area contributed by atoms with Crippen LogP contribution >= 0.6 is 0 Å². The van der Waals surface area contributed by atoms with E-state index < -0.39 is 33.3 Å². The molecule has 43 heavy (non-hydrogen) atoms. The minimum atomic E-state index is -3.61. The van der Waals surface area contributed by atoms with Gasteiger partial charge in [0, 0.05) is 43.9 Å². The number of hydrogen-bond donors (Lipinski definition) is 4. The fourth-order valence-electron chi connectivity index (χ4n) is 6.44. The van der Waals surface area contributed by atoms with E-state index in [2.05, 4.69) is 16.1 Å². The van der Waals surface area contributed by atoms with E-state index in [0.29, 0.717) is 64.6 Å². The maximum absolute atomic E-state index is 13.8. The number of nitrogens with one attached hydrogen (secondary N) is 2. The second kappa shape index (κ2) is 18.3. The van der Waals surface area contributed by atoms with Crippen molar-refractivity contribution in [2.45, 2.75) is 129 Å². The lowest BCUT2D eigenvalue weighted by Gasteiger charge is -2.37. The van der Waals surface area contributed by atoms with Gasteiger partial charge in [-0.2, -0.15) is 0 Å². The molecule has 2 aliphatic carbocycles. The van der Waals surface area contributed by atoms with Gasteiger partial charge in [0.1, 0.15) is 0 Å². The Kier molecular flexibility index (Phi) is 16.0. The van der Waals surface area contributed by atoms with Crippen molar-refractivity contribution in [3.05, 3.63) is 0 Å². The summed E-state index contributed by atoms with van der Waals surface area (Å²) in [6.07, 6.45) is 11.8. The van der Waals surface area contributed by atoms with Gasteiger partial charge in [0.25, 0.3) is 0 Å². The van der Waals surface area contributed by atoms with Crippen molar-refractivity contribution < 1.29 is 28.2 Å². The Morgan fingerprint density at radius 1 is 0.953 bits per heavy atom. The maximum atomic E-state index is 13.8. The van der Waals surface area contributed by atoms with E-state index in [-0.39, 0.29) is 42.2 Å². The number of rotatable bonds is 17. The molecule has 2 saturated carbocycles. The Labute approximate surface area is 260 Å². The molecule has 0 heterocycles. The molecule has 2 fully saturated rings. The molecule has 0 aromatic rings. The molecule has 0 radical (unpaired) electrons. The van der Waals surface area contributed by atoms with E-state index in [1.807, 2.05) is 25.7 Å². The second-order valence-corrected chi connectivity index (χ2v) is 15.2. The number of hydrazine groups is 1. The number of sulfonamides is 1. The average Bonchev–Trinajstić information content (AvgIpc) is 2.96. The van der Waals surface area contributed by atoms with Crippen molar-refractivity contribution in [1.82, 2.24) is 20.1 Å². The summed E-state index contributed by atoms with van der Waals surface area (Å²) in [5.41, 5.74) is 0. The summed E-state index contributed by atoms with van der Waals surface area (Å²) in [4.78, 5) is 31.8. The largest absolute Gasteiger partial charge is 0.393 e. The molecule has 2 rings (SSSR count). The molecule has 4 N–H and O–H groups in total. The Hall–Kier alpha value is -1.71. The second-order valence-electron chi connectivity index (χ2n) is 13.0. The van der Waals surface area contributed by atoms with Gasteiger partial charge in [-0.15, -0.1) is 17.2 Å². The van der Waals surface area contributed by atoms with Gasteiger partial charge in [-0.25, -0.2) is 13.4 Å². The van der Waals surface area contributed by atoms with Crippen LogP contribution in [-0.4, -0.2) is 90.0 Å². The third-order valence-corrected chi connectivity index (χ3v) is 10.7. The van der Waals surface area contributed by atoms with Crippen molar-refractivity contribution in [2.24, 2.45) is 23.7 Å². The zero-order valence-electron chi connectivity index (χ0n) is 27.1. The lowest BCUT2D eigenvalue weighted by atomic mass is 9.74. The van der Waals surface area contributed by atoms with Crippen LogP contribution in [0.2, 0.25) is 0 Å². The summed E-state index contributed by atoms with van der Waals surface area (Å²) in [5, 5.41) is 25.5. The summed E-state index contributed by atoms with van der Waals surface area (Å²) >= 11 is 0. The van der Waals surface area contributed by atoms with Crippen molar-refractivity contribution >= 4 is 21.8 Å². The molecule has 5 atom stereocenters. The Bertz CT molecular complexity index is 1000. The van der Waals surface area contributed by atoms with Gasteiger partial charge in [0.05, 0.1) is 23.5 Å². The third-order valence-electron chi connectivity index (χ3n) is 8.94. The first-order chi connectivity index (χ1) is 20.3. The van der Waals surface area contributed by atoms with Crippen LogP contribution in [0.4, 0.5) is 0 Å². The fraction of sp³-hybridized carbons (Fsp3) is 0.875. The summed E-state index contributed by atoms with van der Waals surface area (Å²) in [6, 6.07) is -0.618. The standard InChI is InChI=1S/C32H58N4O6S/c1-7-15-35(16-8-2)32(40)27-19-24(10-4)18-26(21-27)31(39)33-29(20-25-11-13-28(37)14-12-25)30(38)22-36(17-9-3)34-43(41,42)23(5)6/h4,23-30,34,37-38H,7-9,11-22H2,1-3,5-6H3,(H,33,39). The molecule has 248 valence electrons. The van der Waals surface area contributed by atoms with Crippen LogP contribution in [0.15, 0.2) is 0 Å². The van der Waals surface area contributed by atoms with Crippen LogP contribution in [0.1, 0.15) is 105 Å². The zero-order chi connectivity index (χ0) is 32.2. The van der Waals surface area contributed by atoms with Gasteiger partial charge in [0.2, 0.25) is 21.8 Å². The van der Waals surface area contributed by atoms with Gasteiger partial charge >= 0.3 is 0 Å². The van der Waals surface area contributed by atoms with Crippen LogP contribution in [0.5, 0.6) is 0 Å². The van der Waals surface area contributed by atoms with Crippen molar-refractivity contribution in [3.8, 4) is 12.3 Å². The quantitative estimate of drug-likeness (QED) is 0.144. The molecule has 0 aromatic carbocycles. The highest BCUT2D eigenvalue weighted by Crippen LogP contribution is 2.35. The average molecular weight is 627 g/mol. The zero-order valence-corrected chi connectivity index (χ0v) is 27.9. The Balaban J connectivity index is 2.23.